The quantitative estimate of drug-likeness (QED) is 0.763. The van der Waals surface area contributed by atoms with E-state index in [0.29, 0.717) is 16.7 Å². The number of nitrogens with zero attached hydrogens (tertiary/aromatic N) is 1. The Hall–Kier alpha value is -2.45. The van der Waals surface area contributed by atoms with Gasteiger partial charge in [-0.25, -0.2) is 22.5 Å². The van der Waals surface area contributed by atoms with E-state index in [9.17, 15) is 17.9 Å². The molecule has 2 atom stereocenters. The summed E-state index contributed by atoms with van der Waals surface area (Å²) in [4.78, 5) is 4.26. The number of hydrogen-bond acceptors (Lipinski definition) is 5. The summed E-state index contributed by atoms with van der Waals surface area (Å²) in [5.74, 6) is -0.419. The highest BCUT2D eigenvalue weighted by Gasteiger charge is 2.48. The van der Waals surface area contributed by atoms with Gasteiger partial charge in [0.25, 0.3) is 6.02 Å². The lowest BCUT2D eigenvalue weighted by Crippen LogP contribution is -2.53. The molecule has 6 nitrogen and oxygen atoms in total. The third kappa shape index (κ3) is 4.49. The summed E-state index contributed by atoms with van der Waals surface area (Å²) in [6, 6.07) is 12.1. The van der Waals surface area contributed by atoms with Crippen LogP contribution in [0.3, 0.4) is 0 Å². The molecule has 0 amide bonds. The van der Waals surface area contributed by atoms with Crippen LogP contribution in [0.4, 0.5) is 4.39 Å². The van der Waals surface area contributed by atoms with Gasteiger partial charge in [0.05, 0.1) is 11.6 Å². The summed E-state index contributed by atoms with van der Waals surface area (Å²) in [7, 11) is -3.88. The SMILES string of the molecule is C[C@H](N=C1NS(=O)(=O)C(c2ccc(C(C)(C)O)cc2)C(C)(C)O1)c1ccccc1F. The van der Waals surface area contributed by atoms with E-state index in [1.807, 2.05) is 0 Å². The van der Waals surface area contributed by atoms with Crippen molar-refractivity contribution in [1.82, 2.24) is 4.72 Å². The molecule has 0 aliphatic carbocycles. The lowest BCUT2D eigenvalue weighted by Gasteiger charge is -2.39. The number of sulfonamides is 1. The van der Waals surface area contributed by atoms with Crippen LogP contribution in [0.5, 0.6) is 0 Å². The van der Waals surface area contributed by atoms with E-state index >= 15 is 0 Å². The first-order valence-corrected chi connectivity index (χ1v) is 11.2. The number of halogens is 1. The number of aliphatic imine (C=N–C) groups is 1. The minimum absolute atomic E-state index is 0.167. The van der Waals surface area contributed by atoms with Crippen molar-refractivity contribution < 1.29 is 22.7 Å². The third-order valence-electron chi connectivity index (χ3n) is 5.12. The summed E-state index contributed by atoms with van der Waals surface area (Å²) >= 11 is 0. The fourth-order valence-corrected chi connectivity index (χ4v) is 5.40. The molecule has 0 saturated carbocycles. The average Bonchev–Trinajstić information content (AvgIpc) is 2.59. The van der Waals surface area contributed by atoms with E-state index < -0.39 is 38.3 Å². The van der Waals surface area contributed by atoms with Crippen LogP contribution in [0.2, 0.25) is 0 Å². The average molecular weight is 435 g/mol. The Morgan fingerprint density at radius 1 is 1.17 bits per heavy atom. The monoisotopic (exact) mass is 434 g/mol. The van der Waals surface area contributed by atoms with Crippen LogP contribution in [0.25, 0.3) is 0 Å². The molecular weight excluding hydrogens is 407 g/mol. The standard InChI is InChI=1S/C22H27FN2O4S/c1-14(17-8-6-7-9-18(17)23)24-20-25-30(27,28)19(22(4,5)29-20)15-10-12-16(13-11-15)21(2,3)26/h6-14,19,26H,1-5H3,(H,24,25)/t14-,19?/m0/s1. The van der Waals surface area contributed by atoms with Crippen LogP contribution in [0.15, 0.2) is 53.5 Å². The second kappa shape index (κ2) is 7.67. The van der Waals surface area contributed by atoms with Gasteiger partial charge in [-0.15, -0.1) is 0 Å². The third-order valence-corrected chi connectivity index (χ3v) is 7.04. The molecular formula is C22H27FN2O4S. The largest absolute Gasteiger partial charge is 0.457 e. The fourth-order valence-electron chi connectivity index (χ4n) is 3.64. The predicted molar refractivity (Wildman–Crippen MR) is 114 cm³/mol. The number of benzene rings is 2. The van der Waals surface area contributed by atoms with Gasteiger partial charge in [-0.05, 0) is 51.8 Å². The molecule has 1 aliphatic rings. The first-order chi connectivity index (χ1) is 13.8. The van der Waals surface area contributed by atoms with Crippen molar-refractivity contribution in [1.29, 1.82) is 0 Å². The molecule has 0 aromatic heterocycles. The zero-order valence-electron chi connectivity index (χ0n) is 17.7. The van der Waals surface area contributed by atoms with E-state index in [4.69, 9.17) is 4.74 Å². The number of nitrogens with one attached hydrogen (secondary N) is 1. The molecule has 8 heteroatoms. The first-order valence-electron chi connectivity index (χ1n) is 9.67. The molecule has 0 spiro atoms. The minimum atomic E-state index is -3.88. The van der Waals surface area contributed by atoms with E-state index in [1.165, 1.54) is 6.07 Å². The van der Waals surface area contributed by atoms with Crippen molar-refractivity contribution in [3.63, 3.8) is 0 Å². The topological polar surface area (TPSA) is 88.0 Å². The Labute approximate surface area is 176 Å². The number of amidine groups is 1. The molecule has 0 radical (unpaired) electrons. The molecule has 0 bridgehead atoms. The first kappa shape index (κ1) is 22.2. The number of hydrogen-bond donors (Lipinski definition) is 2. The zero-order chi connectivity index (χ0) is 22.3. The smallest absolute Gasteiger partial charge is 0.299 e. The van der Waals surface area contributed by atoms with Gasteiger partial charge in [0, 0.05) is 5.56 Å². The molecule has 1 heterocycles. The summed E-state index contributed by atoms with van der Waals surface area (Å²) in [5.41, 5.74) is -0.617. The fraction of sp³-hybridized carbons (Fsp3) is 0.409. The highest BCUT2D eigenvalue weighted by atomic mass is 32.2. The van der Waals surface area contributed by atoms with E-state index in [-0.39, 0.29) is 6.02 Å². The van der Waals surface area contributed by atoms with Crippen LogP contribution >= 0.6 is 0 Å². The van der Waals surface area contributed by atoms with Crippen LogP contribution in [0.1, 0.15) is 62.6 Å². The van der Waals surface area contributed by atoms with Crippen LogP contribution in [-0.4, -0.2) is 25.1 Å². The maximum atomic E-state index is 14.0. The summed E-state index contributed by atoms with van der Waals surface area (Å²) < 4.78 is 48.5. The van der Waals surface area contributed by atoms with Gasteiger partial charge in [0.15, 0.2) is 0 Å². The van der Waals surface area contributed by atoms with Gasteiger partial charge in [0.2, 0.25) is 10.0 Å². The second-order valence-corrected chi connectivity index (χ2v) is 10.3. The molecule has 1 aliphatic heterocycles. The molecule has 2 N–H and O–H groups in total. The number of rotatable bonds is 4. The van der Waals surface area contributed by atoms with Crippen LogP contribution in [-0.2, 0) is 20.4 Å². The van der Waals surface area contributed by atoms with Crippen LogP contribution in [0, 0.1) is 5.82 Å². The predicted octanol–water partition coefficient (Wildman–Crippen LogP) is 3.94. The van der Waals surface area contributed by atoms with E-state index in [2.05, 4.69) is 9.71 Å². The Morgan fingerprint density at radius 2 is 1.77 bits per heavy atom. The molecule has 2 aromatic carbocycles. The van der Waals surface area contributed by atoms with Gasteiger partial charge in [-0.1, -0.05) is 42.5 Å². The summed E-state index contributed by atoms with van der Waals surface area (Å²) in [6.45, 7) is 8.32. The maximum absolute atomic E-state index is 14.0. The van der Waals surface area contributed by atoms with Crippen molar-refractivity contribution in [3.8, 4) is 0 Å². The molecule has 1 fully saturated rings. The normalized spacial score (nSPS) is 22.8. The molecule has 1 saturated heterocycles. The Balaban J connectivity index is 1.92. The Bertz CT molecular complexity index is 1060. The molecule has 2 aromatic rings. The van der Waals surface area contributed by atoms with Crippen molar-refractivity contribution in [2.45, 2.75) is 57.1 Å². The molecule has 30 heavy (non-hydrogen) atoms. The van der Waals surface area contributed by atoms with Crippen molar-refractivity contribution in [2.75, 3.05) is 0 Å². The molecule has 3 rings (SSSR count). The molecule has 1 unspecified atom stereocenters. The molecule has 162 valence electrons. The van der Waals surface area contributed by atoms with Gasteiger partial charge >= 0.3 is 0 Å². The van der Waals surface area contributed by atoms with Crippen molar-refractivity contribution in [2.24, 2.45) is 4.99 Å². The lowest BCUT2D eigenvalue weighted by molar-refractivity contribution is 0.0757. The van der Waals surface area contributed by atoms with Gasteiger partial charge in [-0.2, -0.15) is 0 Å². The van der Waals surface area contributed by atoms with E-state index in [0.717, 1.165) is 0 Å². The van der Waals surface area contributed by atoms with Crippen molar-refractivity contribution >= 4 is 16.0 Å². The van der Waals surface area contributed by atoms with E-state index in [1.54, 1.807) is 77.1 Å². The highest BCUT2D eigenvalue weighted by Crippen LogP contribution is 2.39. The number of ether oxygens (including phenoxy) is 1. The van der Waals surface area contributed by atoms with Gasteiger partial charge in [0.1, 0.15) is 16.7 Å². The Kier molecular flexibility index (Phi) is 5.68. The zero-order valence-corrected chi connectivity index (χ0v) is 18.5. The van der Waals surface area contributed by atoms with Gasteiger partial charge in [-0.3, -0.25) is 0 Å². The lowest BCUT2D eigenvalue weighted by atomic mass is 9.93. The Morgan fingerprint density at radius 3 is 2.30 bits per heavy atom. The second-order valence-electron chi connectivity index (χ2n) is 8.55. The van der Waals surface area contributed by atoms with Crippen LogP contribution < -0.4 is 4.72 Å². The summed E-state index contributed by atoms with van der Waals surface area (Å²) in [5, 5.41) is 9.13. The minimum Gasteiger partial charge on any atom is -0.457 e. The van der Waals surface area contributed by atoms with Crippen molar-refractivity contribution in [3.05, 3.63) is 71.0 Å². The van der Waals surface area contributed by atoms with Gasteiger partial charge < -0.3 is 9.84 Å². The number of aliphatic hydroxyl groups is 1. The summed E-state index contributed by atoms with van der Waals surface area (Å²) in [6.07, 6.45) is 0. The maximum Gasteiger partial charge on any atom is 0.299 e. The highest BCUT2D eigenvalue weighted by molar-refractivity contribution is 7.90.